The predicted molar refractivity (Wildman–Crippen MR) is 70.5 cm³/mol. The summed E-state index contributed by atoms with van der Waals surface area (Å²) in [7, 11) is -1.43. The molecule has 0 bridgehead atoms. The zero-order chi connectivity index (χ0) is 13.7. The number of oxazole rings is 1. The van der Waals surface area contributed by atoms with Crippen molar-refractivity contribution in [2.45, 2.75) is 31.1 Å². The Morgan fingerprint density at radius 3 is 3.11 bits per heavy atom. The summed E-state index contributed by atoms with van der Waals surface area (Å²) in [6.07, 6.45) is 3.85. The molecular formula is C12H20N2O4S. The molecule has 0 radical (unpaired) electrons. The number of nitrogens with one attached hydrogen (secondary N) is 1. The molecule has 1 unspecified atom stereocenters. The summed E-state index contributed by atoms with van der Waals surface area (Å²) < 4.78 is 34.4. The molecule has 2 heterocycles. The molecule has 7 heteroatoms. The smallest absolute Gasteiger partial charge is 0.208 e. The van der Waals surface area contributed by atoms with Crippen LogP contribution in [0.1, 0.15) is 36.2 Å². The van der Waals surface area contributed by atoms with E-state index < -0.39 is 15.1 Å². The average molecular weight is 288 g/mol. The van der Waals surface area contributed by atoms with E-state index in [1.165, 1.54) is 0 Å². The summed E-state index contributed by atoms with van der Waals surface area (Å²) in [6.45, 7) is 1.80. The van der Waals surface area contributed by atoms with Crippen molar-refractivity contribution in [2.24, 2.45) is 0 Å². The van der Waals surface area contributed by atoms with Gasteiger partial charge >= 0.3 is 0 Å². The SMILES string of the molecule is COCCNCc1ncc(C2CCCCS2(=O)=O)o1. The van der Waals surface area contributed by atoms with Crippen molar-refractivity contribution in [3.63, 3.8) is 0 Å². The van der Waals surface area contributed by atoms with Gasteiger partial charge in [-0.2, -0.15) is 0 Å². The molecule has 2 rings (SSSR count). The van der Waals surface area contributed by atoms with Gasteiger partial charge in [0.1, 0.15) is 11.0 Å². The number of rotatable bonds is 6. The standard InChI is InChI=1S/C12H20N2O4S/c1-17-6-5-13-9-12-14-8-10(18-12)11-4-2-3-7-19(11,15)16/h8,11,13H,2-7,9H2,1H3. The molecule has 1 N–H and O–H groups in total. The van der Waals surface area contributed by atoms with Crippen molar-refractivity contribution in [3.8, 4) is 0 Å². The third-order valence-corrected chi connectivity index (χ3v) is 5.42. The van der Waals surface area contributed by atoms with Gasteiger partial charge in [-0.15, -0.1) is 0 Å². The molecule has 108 valence electrons. The number of nitrogens with zero attached hydrogens (tertiary/aromatic N) is 1. The van der Waals surface area contributed by atoms with Crippen LogP contribution in [0.4, 0.5) is 0 Å². The Kier molecular flexibility index (Phi) is 4.95. The third kappa shape index (κ3) is 3.77. The van der Waals surface area contributed by atoms with Gasteiger partial charge < -0.3 is 14.5 Å². The molecule has 0 spiro atoms. The maximum Gasteiger partial charge on any atom is 0.208 e. The Bertz CT molecular complexity index is 498. The van der Waals surface area contributed by atoms with E-state index in [1.807, 2.05) is 0 Å². The Morgan fingerprint density at radius 2 is 2.37 bits per heavy atom. The quantitative estimate of drug-likeness (QED) is 0.788. The van der Waals surface area contributed by atoms with E-state index in [2.05, 4.69) is 10.3 Å². The van der Waals surface area contributed by atoms with Crippen LogP contribution in [-0.4, -0.2) is 39.4 Å². The van der Waals surface area contributed by atoms with Crippen LogP contribution in [-0.2, 0) is 21.1 Å². The Labute approximate surface area is 113 Å². The van der Waals surface area contributed by atoms with Crippen LogP contribution in [0.25, 0.3) is 0 Å². The molecule has 6 nitrogen and oxygen atoms in total. The van der Waals surface area contributed by atoms with E-state index in [4.69, 9.17) is 9.15 Å². The number of methoxy groups -OCH3 is 1. The lowest BCUT2D eigenvalue weighted by atomic mass is 10.1. The summed E-state index contributed by atoms with van der Waals surface area (Å²) >= 11 is 0. The van der Waals surface area contributed by atoms with Gasteiger partial charge in [0.05, 0.1) is 25.1 Å². The summed E-state index contributed by atoms with van der Waals surface area (Å²) in [4.78, 5) is 4.12. The fraction of sp³-hybridized carbons (Fsp3) is 0.750. The summed E-state index contributed by atoms with van der Waals surface area (Å²) in [6, 6.07) is 0. The van der Waals surface area contributed by atoms with Gasteiger partial charge in [-0.1, -0.05) is 6.42 Å². The summed E-state index contributed by atoms with van der Waals surface area (Å²) in [5, 5.41) is 2.60. The van der Waals surface area contributed by atoms with Crippen LogP contribution < -0.4 is 5.32 Å². The van der Waals surface area contributed by atoms with Gasteiger partial charge in [-0.3, -0.25) is 0 Å². The topological polar surface area (TPSA) is 81.4 Å². The van der Waals surface area contributed by atoms with Crippen LogP contribution in [0, 0.1) is 0 Å². The molecule has 1 saturated heterocycles. The molecule has 1 aliphatic rings. The van der Waals surface area contributed by atoms with Gasteiger partial charge in [0.15, 0.2) is 9.84 Å². The van der Waals surface area contributed by atoms with Gasteiger partial charge in [-0.05, 0) is 12.8 Å². The second-order valence-electron chi connectivity index (χ2n) is 4.68. The fourth-order valence-electron chi connectivity index (χ4n) is 2.20. The first-order valence-corrected chi connectivity index (χ1v) is 8.21. The first-order chi connectivity index (χ1) is 9.13. The largest absolute Gasteiger partial charge is 0.443 e. The van der Waals surface area contributed by atoms with Crippen LogP contribution in [0.2, 0.25) is 0 Å². The number of hydrogen-bond donors (Lipinski definition) is 1. The Balaban J connectivity index is 1.96. The second-order valence-corrected chi connectivity index (χ2v) is 6.98. The molecule has 1 atom stereocenters. The van der Waals surface area contributed by atoms with Crippen LogP contribution in [0.3, 0.4) is 0 Å². The molecule has 1 aromatic rings. The highest BCUT2D eigenvalue weighted by molar-refractivity contribution is 7.91. The maximum absolute atomic E-state index is 12.0. The lowest BCUT2D eigenvalue weighted by Crippen LogP contribution is -2.21. The molecule has 0 aliphatic carbocycles. The van der Waals surface area contributed by atoms with Crippen molar-refractivity contribution in [3.05, 3.63) is 17.8 Å². The lowest BCUT2D eigenvalue weighted by Gasteiger charge is -2.19. The van der Waals surface area contributed by atoms with Crippen molar-refractivity contribution in [1.82, 2.24) is 10.3 Å². The van der Waals surface area contributed by atoms with E-state index in [0.29, 0.717) is 37.8 Å². The average Bonchev–Trinajstić information content (AvgIpc) is 2.82. The highest BCUT2D eigenvalue weighted by atomic mass is 32.2. The fourth-order valence-corrected chi connectivity index (χ4v) is 4.08. The summed E-state index contributed by atoms with van der Waals surface area (Å²) in [5.74, 6) is 1.25. The summed E-state index contributed by atoms with van der Waals surface area (Å²) in [5.41, 5.74) is 0. The molecule has 1 aromatic heterocycles. The third-order valence-electron chi connectivity index (χ3n) is 3.23. The molecule has 0 saturated carbocycles. The Morgan fingerprint density at radius 1 is 1.53 bits per heavy atom. The first kappa shape index (κ1) is 14.5. The zero-order valence-electron chi connectivity index (χ0n) is 11.1. The molecule has 0 amide bonds. The number of aromatic nitrogens is 1. The van der Waals surface area contributed by atoms with Crippen LogP contribution >= 0.6 is 0 Å². The minimum atomic E-state index is -3.07. The minimum absolute atomic E-state index is 0.250. The van der Waals surface area contributed by atoms with Crippen molar-refractivity contribution < 1.29 is 17.6 Å². The zero-order valence-corrected chi connectivity index (χ0v) is 11.9. The van der Waals surface area contributed by atoms with E-state index in [-0.39, 0.29) is 5.75 Å². The van der Waals surface area contributed by atoms with E-state index in [0.717, 1.165) is 12.8 Å². The van der Waals surface area contributed by atoms with E-state index in [1.54, 1.807) is 13.3 Å². The Hall–Kier alpha value is -0.920. The highest BCUT2D eigenvalue weighted by Crippen LogP contribution is 2.33. The monoisotopic (exact) mass is 288 g/mol. The van der Waals surface area contributed by atoms with Gasteiger partial charge in [-0.25, -0.2) is 13.4 Å². The van der Waals surface area contributed by atoms with Crippen LogP contribution in [0.15, 0.2) is 10.6 Å². The van der Waals surface area contributed by atoms with E-state index in [9.17, 15) is 8.42 Å². The first-order valence-electron chi connectivity index (χ1n) is 6.49. The molecule has 19 heavy (non-hydrogen) atoms. The van der Waals surface area contributed by atoms with Crippen molar-refractivity contribution >= 4 is 9.84 Å². The van der Waals surface area contributed by atoms with Crippen molar-refractivity contribution in [1.29, 1.82) is 0 Å². The number of sulfone groups is 1. The highest BCUT2D eigenvalue weighted by Gasteiger charge is 2.33. The molecular weight excluding hydrogens is 268 g/mol. The van der Waals surface area contributed by atoms with Gasteiger partial charge in [0, 0.05) is 13.7 Å². The van der Waals surface area contributed by atoms with E-state index >= 15 is 0 Å². The maximum atomic E-state index is 12.0. The molecule has 0 aromatic carbocycles. The predicted octanol–water partition coefficient (Wildman–Crippen LogP) is 1.05. The van der Waals surface area contributed by atoms with Crippen LogP contribution in [0.5, 0.6) is 0 Å². The number of ether oxygens (including phenoxy) is 1. The number of hydrogen-bond acceptors (Lipinski definition) is 6. The molecule has 1 fully saturated rings. The van der Waals surface area contributed by atoms with Gasteiger partial charge in [0.2, 0.25) is 5.89 Å². The van der Waals surface area contributed by atoms with Gasteiger partial charge in [0.25, 0.3) is 0 Å². The lowest BCUT2D eigenvalue weighted by molar-refractivity contribution is 0.198. The second kappa shape index (κ2) is 6.49. The minimum Gasteiger partial charge on any atom is -0.443 e. The van der Waals surface area contributed by atoms with Crippen molar-refractivity contribution in [2.75, 3.05) is 26.0 Å². The molecule has 1 aliphatic heterocycles. The normalized spacial score (nSPS) is 22.5.